The van der Waals surface area contributed by atoms with Gasteiger partial charge in [0.2, 0.25) is 5.78 Å². The van der Waals surface area contributed by atoms with Crippen molar-refractivity contribution in [3.63, 3.8) is 0 Å². The maximum absolute atomic E-state index is 4.92. The molecule has 2 aromatic carbocycles. The minimum atomic E-state index is 0.0532. The Balaban J connectivity index is 1.91. The van der Waals surface area contributed by atoms with E-state index in [1.165, 1.54) is 11.0 Å². The van der Waals surface area contributed by atoms with E-state index in [4.69, 9.17) is 4.98 Å². The van der Waals surface area contributed by atoms with Crippen LogP contribution < -0.4 is 0 Å². The van der Waals surface area contributed by atoms with Crippen LogP contribution in [0.1, 0.15) is 13.8 Å². The molecule has 5 rings (SSSR count). The zero-order chi connectivity index (χ0) is 17.0. The van der Waals surface area contributed by atoms with E-state index in [2.05, 4.69) is 95.7 Å². The minimum absolute atomic E-state index is 0.0532. The average molecular weight is 325 g/mol. The lowest BCUT2D eigenvalue weighted by Crippen LogP contribution is -2.01. The highest BCUT2D eigenvalue weighted by Gasteiger charge is 2.18. The van der Waals surface area contributed by atoms with Crippen molar-refractivity contribution in [1.82, 2.24) is 14.0 Å². The van der Waals surface area contributed by atoms with E-state index in [1.807, 2.05) is 6.07 Å². The maximum atomic E-state index is 4.92. The zero-order valence-corrected chi connectivity index (χ0v) is 14.3. The third kappa shape index (κ3) is 2.09. The summed E-state index contributed by atoms with van der Waals surface area (Å²) in [6.45, 7) is 4.42. The molecule has 0 saturated carbocycles. The van der Waals surface area contributed by atoms with Crippen molar-refractivity contribution in [2.24, 2.45) is 5.41 Å². The summed E-state index contributed by atoms with van der Waals surface area (Å²) in [5.74, 6) is 0.950. The third-order valence-corrected chi connectivity index (χ3v) is 4.84. The summed E-state index contributed by atoms with van der Waals surface area (Å²) in [5.41, 5.74) is 5.68. The first-order chi connectivity index (χ1) is 12.1. The van der Waals surface area contributed by atoms with Crippen LogP contribution in [0.15, 0.2) is 78.9 Å². The molecule has 0 atom stereocenters. The van der Waals surface area contributed by atoms with Crippen molar-refractivity contribution in [2.45, 2.75) is 13.8 Å². The first kappa shape index (κ1) is 14.3. The van der Waals surface area contributed by atoms with E-state index in [0.717, 1.165) is 22.5 Å². The van der Waals surface area contributed by atoms with Crippen molar-refractivity contribution in [2.75, 3.05) is 0 Å². The molecule has 0 unspecified atom stereocenters. The van der Waals surface area contributed by atoms with Gasteiger partial charge in [-0.2, -0.15) is 0 Å². The zero-order valence-electron chi connectivity index (χ0n) is 14.3. The summed E-state index contributed by atoms with van der Waals surface area (Å²) in [5, 5.41) is 0. The number of nitrogens with zero attached hydrogens (tertiary/aromatic N) is 3. The second-order valence-corrected chi connectivity index (χ2v) is 7.17. The lowest BCUT2D eigenvalue weighted by atomic mass is 9.93. The number of hydrogen-bond acceptors (Lipinski definition) is 1. The Kier molecular flexibility index (Phi) is 2.84. The van der Waals surface area contributed by atoms with E-state index in [9.17, 15) is 0 Å². The molecular formula is C22H19N3. The maximum Gasteiger partial charge on any atom is 0.220 e. The van der Waals surface area contributed by atoms with Crippen molar-refractivity contribution in [1.29, 1.82) is 0 Å². The quantitative estimate of drug-likeness (QED) is 0.457. The monoisotopic (exact) mass is 325 g/mol. The van der Waals surface area contributed by atoms with Gasteiger partial charge in [0.1, 0.15) is 0 Å². The fourth-order valence-corrected chi connectivity index (χ4v) is 3.56. The van der Waals surface area contributed by atoms with Gasteiger partial charge in [-0.1, -0.05) is 56.3 Å². The number of fused-ring (bicyclic) bond motifs is 5. The second-order valence-electron chi connectivity index (χ2n) is 7.17. The van der Waals surface area contributed by atoms with Gasteiger partial charge in [0.15, 0.2) is 0 Å². The Morgan fingerprint density at radius 3 is 2.40 bits per heavy atom. The van der Waals surface area contributed by atoms with Crippen LogP contribution in [-0.4, -0.2) is 14.0 Å². The van der Waals surface area contributed by atoms with Crippen LogP contribution in [0.4, 0.5) is 0 Å². The molecule has 0 amide bonds. The normalized spacial score (nSPS) is 16.6. The standard InChI is InChI=1S/C22H19N3/c1-22(2)14-7-8-16(13-15-22)24-19-11-5-6-12-20(19)25-18-10-4-3-9-17(18)23-21(24)25/h3-15H,1-2H3. The number of benzene rings is 2. The highest BCUT2D eigenvalue weighted by Crippen LogP contribution is 2.31. The van der Waals surface area contributed by atoms with Crippen LogP contribution in [0.2, 0.25) is 0 Å². The van der Waals surface area contributed by atoms with Crippen LogP contribution in [0.25, 0.3) is 33.5 Å². The van der Waals surface area contributed by atoms with Gasteiger partial charge in [-0.05, 0) is 36.4 Å². The molecule has 0 aliphatic heterocycles. The van der Waals surface area contributed by atoms with Crippen molar-refractivity contribution >= 4 is 33.5 Å². The fraction of sp³-hybridized carbons (Fsp3) is 0.136. The predicted octanol–water partition coefficient (Wildman–Crippen LogP) is 5.44. The molecule has 0 radical (unpaired) electrons. The Morgan fingerprint density at radius 1 is 0.840 bits per heavy atom. The number of hydrogen-bond donors (Lipinski definition) is 0. The van der Waals surface area contributed by atoms with Crippen molar-refractivity contribution < 1.29 is 0 Å². The summed E-state index contributed by atoms with van der Waals surface area (Å²) < 4.78 is 4.50. The van der Waals surface area contributed by atoms with E-state index >= 15 is 0 Å². The van der Waals surface area contributed by atoms with Gasteiger partial charge in [-0.3, -0.25) is 8.97 Å². The largest absolute Gasteiger partial charge is 0.278 e. The summed E-state index contributed by atoms with van der Waals surface area (Å²) in [4.78, 5) is 4.92. The molecule has 25 heavy (non-hydrogen) atoms. The molecule has 0 saturated heterocycles. The Hall–Kier alpha value is -3.07. The van der Waals surface area contributed by atoms with Gasteiger partial charge in [0.05, 0.1) is 22.1 Å². The lowest BCUT2D eigenvalue weighted by Gasteiger charge is -2.12. The SMILES string of the molecule is CC1(C)C=CC=C(n2c3ccccc3n3c4ccccc4nc23)C=C1. The third-order valence-electron chi connectivity index (χ3n) is 4.84. The molecule has 2 heterocycles. The average Bonchev–Trinajstić information content (AvgIpc) is 3.06. The van der Waals surface area contributed by atoms with Gasteiger partial charge in [-0.15, -0.1) is 0 Å². The van der Waals surface area contributed by atoms with Gasteiger partial charge >= 0.3 is 0 Å². The molecule has 2 aromatic heterocycles. The summed E-state index contributed by atoms with van der Waals surface area (Å²) in [6, 6.07) is 16.8. The van der Waals surface area contributed by atoms with Gasteiger partial charge < -0.3 is 0 Å². The summed E-state index contributed by atoms with van der Waals surface area (Å²) in [7, 11) is 0. The van der Waals surface area contributed by atoms with E-state index in [-0.39, 0.29) is 5.41 Å². The van der Waals surface area contributed by atoms with Crippen LogP contribution >= 0.6 is 0 Å². The molecular weight excluding hydrogens is 306 g/mol. The Bertz CT molecular complexity index is 1210. The molecule has 3 nitrogen and oxygen atoms in total. The fourth-order valence-electron chi connectivity index (χ4n) is 3.56. The number of rotatable bonds is 1. The van der Waals surface area contributed by atoms with E-state index in [0.29, 0.717) is 0 Å². The molecule has 122 valence electrons. The molecule has 1 aliphatic carbocycles. The first-order valence-electron chi connectivity index (χ1n) is 8.60. The van der Waals surface area contributed by atoms with Gasteiger partial charge in [0, 0.05) is 11.1 Å². The van der Waals surface area contributed by atoms with Crippen LogP contribution in [-0.2, 0) is 0 Å². The smallest absolute Gasteiger partial charge is 0.220 e. The molecule has 1 aliphatic rings. The molecule has 4 aromatic rings. The highest BCUT2D eigenvalue weighted by molar-refractivity contribution is 5.94. The number of aromatic nitrogens is 3. The summed E-state index contributed by atoms with van der Waals surface area (Å²) in [6.07, 6.45) is 11.0. The van der Waals surface area contributed by atoms with Crippen LogP contribution in [0.3, 0.4) is 0 Å². The van der Waals surface area contributed by atoms with Crippen LogP contribution in [0, 0.1) is 5.41 Å². The Labute approximate surface area is 146 Å². The Morgan fingerprint density at radius 2 is 1.56 bits per heavy atom. The number of allylic oxidation sites excluding steroid dienone is 6. The second kappa shape index (κ2) is 4.96. The van der Waals surface area contributed by atoms with E-state index in [1.54, 1.807) is 0 Å². The van der Waals surface area contributed by atoms with Crippen molar-refractivity contribution in [3.05, 3.63) is 78.9 Å². The first-order valence-corrected chi connectivity index (χ1v) is 8.60. The predicted molar refractivity (Wildman–Crippen MR) is 105 cm³/mol. The molecule has 0 fully saturated rings. The molecule has 0 bridgehead atoms. The lowest BCUT2D eigenvalue weighted by molar-refractivity contribution is 0.627. The minimum Gasteiger partial charge on any atom is -0.278 e. The molecule has 0 N–H and O–H groups in total. The molecule has 3 heteroatoms. The molecule has 0 spiro atoms. The topological polar surface area (TPSA) is 22.2 Å². The van der Waals surface area contributed by atoms with Gasteiger partial charge in [0.25, 0.3) is 0 Å². The van der Waals surface area contributed by atoms with E-state index < -0.39 is 0 Å². The van der Waals surface area contributed by atoms with Crippen molar-refractivity contribution in [3.8, 4) is 0 Å². The number of para-hydroxylation sites is 4. The van der Waals surface area contributed by atoms with Gasteiger partial charge in [-0.25, -0.2) is 4.98 Å². The highest BCUT2D eigenvalue weighted by atomic mass is 15.2. The number of imidazole rings is 2. The van der Waals surface area contributed by atoms with Crippen LogP contribution in [0.5, 0.6) is 0 Å². The summed E-state index contributed by atoms with van der Waals surface area (Å²) >= 11 is 0.